The molecule has 1 fully saturated rings. The van der Waals surface area contributed by atoms with Crippen LogP contribution in [0.3, 0.4) is 0 Å². The summed E-state index contributed by atoms with van der Waals surface area (Å²) < 4.78 is 1.23. The van der Waals surface area contributed by atoms with Gasteiger partial charge in [-0.05, 0) is 52.4 Å². The molecule has 1 aliphatic heterocycles. The molecule has 0 saturated carbocycles. The summed E-state index contributed by atoms with van der Waals surface area (Å²) in [5.41, 5.74) is 6.27. The van der Waals surface area contributed by atoms with Gasteiger partial charge >= 0.3 is 0 Å². The summed E-state index contributed by atoms with van der Waals surface area (Å²) in [6, 6.07) is 2.44. The van der Waals surface area contributed by atoms with Crippen molar-refractivity contribution < 1.29 is 0 Å². The van der Waals surface area contributed by atoms with Gasteiger partial charge in [-0.2, -0.15) is 11.8 Å². The van der Waals surface area contributed by atoms with E-state index in [0.29, 0.717) is 11.3 Å². The van der Waals surface area contributed by atoms with Crippen LogP contribution in [0.15, 0.2) is 15.9 Å². The van der Waals surface area contributed by atoms with Crippen LogP contribution >= 0.6 is 39.0 Å². The van der Waals surface area contributed by atoms with E-state index in [1.165, 1.54) is 34.4 Å². The molecule has 0 amide bonds. The highest BCUT2D eigenvalue weighted by Crippen LogP contribution is 2.30. The van der Waals surface area contributed by atoms with Crippen molar-refractivity contribution in [2.24, 2.45) is 5.73 Å². The van der Waals surface area contributed by atoms with Gasteiger partial charge < -0.3 is 5.73 Å². The Bertz CT molecular complexity index is 307. The first-order valence-electron chi connectivity index (χ1n) is 5.36. The number of thioether (sulfide) groups is 1. The maximum Gasteiger partial charge on any atom is 0.0314 e. The average molecular weight is 306 g/mol. The number of halogens is 1. The molecule has 1 nitrogen and oxygen atoms in total. The van der Waals surface area contributed by atoms with Gasteiger partial charge in [0.05, 0.1) is 0 Å². The number of hydrogen-bond acceptors (Lipinski definition) is 3. The fraction of sp³-hybridized carbons (Fsp3) is 0.636. The monoisotopic (exact) mass is 305 g/mol. The van der Waals surface area contributed by atoms with Crippen LogP contribution in [0, 0.1) is 0 Å². The zero-order valence-electron chi connectivity index (χ0n) is 8.62. The quantitative estimate of drug-likeness (QED) is 0.922. The minimum Gasteiger partial charge on any atom is -0.326 e. The molecule has 1 aliphatic rings. The van der Waals surface area contributed by atoms with Crippen molar-refractivity contribution in [1.82, 2.24) is 0 Å². The molecular weight excluding hydrogens is 290 g/mol. The van der Waals surface area contributed by atoms with Crippen LogP contribution in [0.2, 0.25) is 0 Å². The normalized spacial score (nSPS) is 24.0. The van der Waals surface area contributed by atoms with Crippen molar-refractivity contribution in [3.05, 3.63) is 20.8 Å². The highest BCUT2D eigenvalue weighted by Gasteiger charge is 2.22. The molecule has 0 bridgehead atoms. The Morgan fingerprint density at radius 1 is 1.53 bits per heavy atom. The fourth-order valence-electron chi connectivity index (χ4n) is 1.92. The minimum atomic E-state index is 0.324. The lowest BCUT2D eigenvalue weighted by atomic mass is 10.0. The Hall–Kier alpha value is 0.490. The summed E-state index contributed by atoms with van der Waals surface area (Å²) in [6.07, 6.45) is 5.05. The number of thiophene rings is 1. The molecule has 0 spiro atoms. The van der Waals surface area contributed by atoms with E-state index in [0.717, 1.165) is 6.42 Å². The predicted molar refractivity (Wildman–Crippen MR) is 73.8 cm³/mol. The van der Waals surface area contributed by atoms with Gasteiger partial charge in [-0.25, -0.2) is 0 Å². The van der Waals surface area contributed by atoms with Gasteiger partial charge in [0.2, 0.25) is 0 Å². The van der Waals surface area contributed by atoms with Crippen LogP contribution < -0.4 is 5.73 Å². The summed E-state index contributed by atoms with van der Waals surface area (Å²) in [7, 11) is 0. The second kappa shape index (κ2) is 5.71. The van der Waals surface area contributed by atoms with E-state index in [-0.39, 0.29) is 0 Å². The fourth-order valence-corrected chi connectivity index (χ4v) is 4.86. The molecule has 0 radical (unpaired) electrons. The van der Waals surface area contributed by atoms with Crippen molar-refractivity contribution in [2.45, 2.75) is 37.0 Å². The van der Waals surface area contributed by atoms with Crippen LogP contribution in [0.25, 0.3) is 0 Å². The lowest BCUT2D eigenvalue weighted by Crippen LogP contribution is -2.35. The van der Waals surface area contributed by atoms with Crippen molar-refractivity contribution in [3.63, 3.8) is 0 Å². The molecule has 4 heteroatoms. The zero-order valence-corrected chi connectivity index (χ0v) is 11.8. The molecule has 0 aliphatic carbocycles. The highest BCUT2D eigenvalue weighted by atomic mass is 79.9. The second-order valence-corrected chi connectivity index (χ2v) is 7.17. The first-order chi connectivity index (χ1) is 7.27. The van der Waals surface area contributed by atoms with Crippen LogP contribution in [-0.4, -0.2) is 17.0 Å². The van der Waals surface area contributed by atoms with E-state index in [1.54, 1.807) is 11.3 Å². The van der Waals surface area contributed by atoms with E-state index >= 15 is 0 Å². The number of nitrogens with two attached hydrogens (primary N) is 1. The molecule has 1 aromatic heterocycles. The minimum absolute atomic E-state index is 0.324. The lowest BCUT2D eigenvalue weighted by molar-refractivity contribution is 0.561. The first-order valence-corrected chi connectivity index (χ1v) is 8.08. The molecular formula is C11H16BrNS2. The number of rotatable bonds is 3. The van der Waals surface area contributed by atoms with Crippen molar-refractivity contribution in [3.8, 4) is 0 Å². The maximum absolute atomic E-state index is 6.27. The van der Waals surface area contributed by atoms with Crippen molar-refractivity contribution >= 4 is 39.0 Å². The van der Waals surface area contributed by atoms with Crippen LogP contribution in [0.1, 0.15) is 24.1 Å². The Labute approximate surface area is 108 Å². The third-order valence-electron chi connectivity index (χ3n) is 2.80. The van der Waals surface area contributed by atoms with Gasteiger partial charge in [0.1, 0.15) is 0 Å². The molecule has 2 heterocycles. The SMILES string of the molecule is NC(Cc1sccc1Br)C1CCCCS1. The smallest absolute Gasteiger partial charge is 0.0314 e. The standard InChI is InChI=1S/C11H16BrNS2/c12-8-4-6-15-11(8)7-9(13)10-3-1-2-5-14-10/h4,6,9-10H,1-3,5,7,13H2. The van der Waals surface area contributed by atoms with E-state index in [1.807, 2.05) is 0 Å². The lowest BCUT2D eigenvalue weighted by Gasteiger charge is -2.26. The molecule has 15 heavy (non-hydrogen) atoms. The summed E-state index contributed by atoms with van der Waals surface area (Å²) >= 11 is 7.44. The Morgan fingerprint density at radius 3 is 3.00 bits per heavy atom. The second-order valence-electron chi connectivity index (χ2n) is 3.96. The number of hydrogen-bond donors (Lipinski definition) is 1. The maximum atomic E-state index is 6.27. The third kappa shape index (κ3) is 3.22. The molecule has 2 N–H and O–H groups in total. The van der Waals surface area contributed by atoms with Gasteiger partial charge in [0.15, 0.2) is 0 Å². The van der Waals surface area contributed by atoms with Gasteiger partial charge in [0, 0.05) is 20.6 Å². The summed E-state index contributed by atoms with van der Waals surface area (Å²) in [4.78, 5) is 1.40. The topological polar surface area (TPSA) is 26.0 Å². The molecule has 84 valence electrons. The van der Waals surface area contributed by atoms with Crippen LogP contribution in [0.5, 0.6) is 0 Å². The highest BCUT2D eigenvalue weighted by molar-refractivity contribution is 9.10. The van der Waals surface area contributed by atoms with Crippen LogP contribution in [0.4, 0.5) is 0 Å². The van der Waals surface area contributed by atoms with E-state index < -0.39 is 0 Å². The summed E-state index contributed by atoms with van der Waals surface area (Å²) in [5.74, 6) is 1.30. The Kier molecular flexibility index (Phi) is 4.55. The van der Waals surface area contributed by atoms with E-state index in [9.17, 15) is 0 Å². The van der Waals surface area contributed by atoms with E-state index in [2.05, 4.69) is 39.1 Å². The van der Waals surface area contributed by atoms with Crippen molar-refractivity contribution in [2.75, 3.05) is 5.75 Å². The molecule has 2 unspecified atom stereocenters. The zero-order chi connectivity index (χ0) is 10.7. The molecule has 2 rings (SSSR count). The average Bonchev–Trinajstić information content (AvgIpc) is 2.66. The van der Waals surface area contributed by atoms with Crippen molar-refractivity contribution in [1.29, 1.82) is 0 Å². The largest absolute Gasteiger partial charge is 0.326 e. The van der Waals surface area contributed by atoms with E-state index in [4.69, 9.17) is 5.73 Å². The molecule has 2 atom stereocenters. The van der Waals surface area contributed by atoms with Gasteiger partial charge in [0.25, 0.3) is 0 Å². The summed E-state index contributed by atoms with van der Waals surface area (Å²) in [5, 5.41) is 2.80. The Balaban J connectivity index is 1.91. The molecule has 1 aromatic rings. The first kappa shape index (κ1) is 12.0. The van der Waals surface area contributed by atoms with Gasteiger partial charge in [-0.1, -0.05) is 6.42 Å². The molecule has 0 aromatic carbocycles. The summed E-state index contributed by atoms with van der Waals surface area (Å²) in [6.45, 7) is 0. The van der Waals surface area contributed by atoms with Gasteiger partial charge in [-0.15, -0.1) is 11.3 Å². The van der Waals surface area contributed by atoms with Crippen LogP contribution in [-0.2, 0) is 6.42 Å². The predicted octanol–water partition coefficient (Wildman–Crippen LogP) is 3.67. The Morgan fingerprint density at radius 2 is 2.40 bits per heavy atom. The molecule has 1 saturated heterocycles. The van der Waals surface area contributed by atoms with Gasteiger partial charge in [-0.3, -0.25) is 0 Å². The third-order valence-corrected chi connectivity index (χ3v) is 6.29.